The van der Waals surface area contributed by atoms with Crippen LogP contribution < -0.4 is 0 Å². The van der Waals surface area contributed by atoms with E-state index in [9.17, 15) is 22.7 Å². The standard InChI is InChI=1S/C14H15FN2O4S/c1-14(13(18)19)5-6-17(8-14)22(20,21)11-7-16-10-4-2-3-9(15)12(10)11/h2-4,7,16H,5-6,8H2,1H3,(H,18,19). The third-order valence-electron chi connectivity index (χ3n) is 4.19. The van der Waals surface area contributed by atoms with E-state index in [1.165, 1.54) is 25.3 Å². The van der Waals surface area contributed by atoms with Crippen molar-refractivity contribution in [3.63, 3.8) is 0 Å². The zero-order valence-electron chi connectivity index (χ0n) is 11.8. The number of carboxylic acids is 1. The van der Waals surface area contributed by atoms with Crippen molar-refractivity contribution in [1.29, 1.82) is 0 Å². The maximum absolute atomic E-state index is 14.0. The van der Waals surface area contributed by atoms with E-state index in [1.807, 2.05) is 0 Å². The van der Waals surface area contributed by atoms with Crippen LogP contribution in [-0.2, 0) is 14.8 Å². The summed E-state index contributed by atoms with van der Waals surface area (Å²) in [7, 11) is -3.95. The quantitative estimate of drug-likeness (QED) is 0.900. The molecule has 2 aromatic rings. The number of H-pyrrole nitrogens is 1. The highest BCUT2D eigenvalue weighted by molar-refractivity contribution is 7.89. The van der Waals surface area contributed by atoms with Gasteiger partial charge in [-0.1, -0.05) is 6.07 Å². The summed E-state index contributed by atoms with van der Waals surface area (Å²) in [5.74, 6) is -1.66. The van der Waals surface area contributed by atoms with Crippen LogP contribution in [-0.4, -0.2) is 41.9 Å². The molecule has 6 nitrogen and oxygen atoms in total. The minimum absolute atomic E-state index is 0.00595. The minimum atomic E-state index is -3.95. The van der Waals surface area contributed by atoms with Crippen LogP contribution in [0.25, 0.3) is 10.9 Å². The molecule has 2 heterocycles. The lowest BCUT2D eigenvalue weighted by atomic mass is 9.90. The lowest BCUT2D eigenvalue weighted by Gasteiger charge is -2.19. The Hall–Kier alpha value is -1.93. The molecule has 0 aliphatic carbocycles. The van der Waals surface area contributed by atoms with Crippen molar-refractivity contribution in [1.82, 2.24) is 9.29 Å². The van der Waals surface area contributed by atoms with Gasteiger partial charge in [-0.3, -0.25) is 4.79 Å². The monoisotopic (exact) mass is 326 g/mol. The molecule has 1 atom stereocenters. The first-order valence-electron chi connectivity index (χ1n) is 6.75. The topological polar surface area (TPSA) is 90.5 Å². The van der Waals surface area contributed by atoms with Crippen LogP contribution in [0.3, 0.4) is 0 Å². The van der Waals surface area contributed by atoms with Gasteiger partial charge in [0, 0.05) is 24.8 Å². The minimum Gasteiger partial charge on any atom is -0.481 e. The Labute approximate surface area is 126 Å². The van der Waals surface area contributed by atoms with Crippen molar-refractivity contribution in [3.05, 3.63) is 30.2 Å². The summed E-state index contributed by atoms with van der Waals surface area (Å²) in [4.78, 5) is 13.8. The van der Waals surface area contributed by atoms with Gasteiger partial charge in [-0.15, -0.1) is 0 Å². The Morgan fingerprint density at radius 2 is 2.18 bits per heavy atom. The highest BCUT2D eigenvalue weighted by atomic mass is 32.2. The van der Waals surface area contributed by atoms with Crippen molar-refractivity contribution >= 4 is 26.9 Å². The second-order valence-corrected chi connectivity index (χ2v) is 7.68. The number of benzene rings is 1. The zero-order chi connectivity index (χ0) is 16.1. The second-order valence-electron chi connectivity index (χ2n) is 5.77. The van der Waals surface area contributed by atoms with E-state index >= 15 is 0 Å². The highest BCUT2D eigenvalue weighted by Crippen LogP contribution is 2.35. The van der Waals surface area contributed by atoms with Gasteiger partial charge in [0.2, 0.25) is 10.0 Å². The van der Waals surface area contributed by atoms with Gasteiger partial charge < -0.3 is 10.1 Å². The first-order valence-corrected chi connectivity index (χ1v) is 8.19. The molecular formula is C14H15FN2O4S. The summed E-state index contributed by atoms with van der Waals surface area (Å²) in [6.45, 7) is 1.50. The van der Waals surface area contributed by atoms with Crippen LogP contribution >= 0.6 is 0 Å². The average molecular weight is 326 g/mol. The van der Waals surface area contributed by atoms with Gasteiger partial charge in [0.05, 0.1) is 10.8 Å². The number of carbonyl (C=O) groups is 1. The average Bonchev–Trinajstić information content (AvgIpc) is 3.05. The van der Waals surface area contributed by atoms with Gasteiger partial charge >= 0.3 is 5.97 Å². The molecule has 0 amide bonds. The molecule has 0 saturated carbocycles. The number of aromatic nitrogens is 1. The number of aliphatic carboxylic acids is 1. The maximum atomic E-state index is 14.0. The number of hydrogen-bond acceptors (Lipinski definition) is 3. The molecule has 22 heavy (non-hydrogen) atoms. The van der Waals surface area contributed by atoms with Crippen molar-refractivity contribution < 1.29 is 22.7 Å². The second kappa shape index (κ2) is 4.79. The van der Waals surface area contributed by atoms with E-state index in [0.29, 0.717) is 5.52 Å². The van der Waals surface area contributed by atoms with Crippen LogP contribution in [0.4, 0.5) is 4.39 Å². The number of sulfonamides is 1. The molecule has 1 saturated heterocycles. The lowest BCUT2D eigenvalue weighted by molar-refractivity contribution is -0.146. The van der Waals surface area contributed by atoms with Crippen LogP contribution in [0.2, 0.25) is 0 Å². The molecule has 118 valence electrons. The van der Waals surface area contributed by atoms with Crippen molar-refractivity contribution in [3.8, 4) is 0 Å². The molecule has 8 heteroatoms. The van der Waals surface area contributed by atoms with Crippen LogP contribution in [0, 0.1) is 11.2 Å². The van der Waals surface area contributed by atoms with Crippen LogP contribution in [0.15, 0.2) is 29.3 Å². The number of nitrogens with one attached hydrogen (secondary N) is 1. The number of nitrogens with zero attached hydrogens (tertiary/aromatic N) is 1. The summed E-state index contributed by atoms with van der Waals surface area (Å²) < 4.78 is 40.5. The molecule has 0 bridgehead atoms. The highest BCUT2D eigenvalue weighted by Gasteiger charge is 2.45. The molecule has 1 unspecified atom stereocenters. The molecule has 2 N–H and O–H groups in total. The largest absolute Gasteiger partial charge is 0.481 e. The van der Waals surface area contributed by atoms with E-state index in [1.54, 1.807) is 6.07 Å². The molecule has 0 radical (unpaired) electrons. The summed E-state index contributed by atoms with van der Waals surface area (Å²) in [6, 6.07) is 4.27. The summed E-state index contributed by atoms with van der Waals surface area (Å²) in [5, 5.41) is 9.22. The van der Waals surface area contributed by atoms with E-state index in [2.05, 4.69) is 4.98 Å². The Morgan fingerprint density at radius 1 is 1.45 bits per heavy atom. The van der Waals surface area contributed by atoms with Crippen molar-refractivity contribution in [2.45, 2.75) is 18.2 Å². The molecule has 1 aliphatic heterocycles. The van der Waals surface area contributed by atoms with E-state index in [-0.39, 0.29) is 29.8 Å². The molecular weight excluding hydrogens is 311 g/mol. The normalized spacial score (nSPS) is 23.2. The summed E-state index contributed by atoms with van der Waals surface area (Å²) in [5.41, 5.74) is -0.726. The number of hydrogen-bond donors (Lipinski definition) is 2. The fourth-order valence-electron chi connectivity index (χ4n) is 2.75. The molecule has 0 spiro atoms. The van der Waals surface area contributed by atoms with Gasteiger partial charge in [-0.25, -0.2) is 12.8 Å². The summed E-state index contributed by atoms with van der Waals surface area (Å²) in [6.07, 6.45) is 1.48. The number of rotatable bonds is 3. The Kier molecular flexibility index (Phi) is 3.26. The molecule has 1 aromatic carbocycles. The smallest absolute Gasteiger partial charge is 0.310 e. The number of carboxylic acid groups (broad SMARTS) is 1. The van der Waals surface area contributed by atoms with Gasteiger partial charge in [0.1, 0.15) is 10.7 Å². The van der Waals surface area contributed by atoms with Gasteiger partial charge in [-0.05, 0) is 25.5 Å². The van der Waals surface area contributed by atoms with Gasteiger partial charge in [0.15, 0.2) is 0 Å². The van der Waals surface area contributed by atoms with Crippen LogP contribution in [0.1, 0.15) is 13.3 Å². The zero-order valence-corrected chi connectivity index (χ0v) is 12.7. The SMILES string of the molecule is CC1(C(=O)O)CCN(S(=O)(=O)c2c[nH]c3cccc(F)c23)C1. The third-order valence-corrected chi connectivity index (χ3v) is 6.06. The molecule has 1 aliphatic rings. The maximum Gasteiger partial charge on any atom is 0.310 e. The van der Waals surface area contributed by atoms with Crippen molar-refractivity contribution in [2.24, 2.45) is 5.41 Å². The molecule has 3 rings (SSSR count). The molecule has 1 fully saturated rings. The van der Waals surface area contributed by atoms with Gasteiger partial charge in [-0.2, -0.15) is 4.31 Å². The predicted molar refractivity (Wildman–Crippen MR) is 77.4 cm³/mol. The molecule has 1 aromatic heterocycles. The van der Waals surface area contributed by atoms with Gasteiger partial charge in [0.25, 0.3) is 0 Å². The van der Waals surface area contributed by atoms with Crippen LogP contribution in [0.5, 0.6) is 0 Å². The number of aromatic amines is 1. The van der Waals surface area contributed by atoms with E-state index < -0.39 is 27.2 Å². The first-order chi connectivity index (χ1) is 10.3. The Morgan fingerprint density at radius 3 is 2.82 bits per heavy atom. The fourth-order valence-corrected chi connectivity index (χ4v) is 4.49. The lowest BCUT2D eigenvalue weighted by Crippen LogP contribution is -2.34. The number of fused-ring (bicyclic) bond motifs is 1. The number of halogens is 1. The summed E-state index contributed by atoms with van der Waals surface area (Å²) >= 11 is 0. The van der Waals surface area contributed by atoms with E-state index in [0.717, 1.165) is 4.31 Å². The first kappa shape index (κ1) is 15.0. The Balaban J connectivity index is 2.05. The third kappa shape index (κ3) is 2.10. The fraction of sp³-hybridized carbons (Fsp3) is 0.357. The van der Waals surface area contributed by atoms with E-state index in [4.69, 9.17) is 0 Å². The van der Waals surface area contributed by atoms with Crippen molar-refractivity contribution in [2.75, 3.05) is 13.1 Å². The Bertz CT molecular complexity index is 861. The predicted octanol–water partition coefficient (Wildman–Crippen LogP) is 1.79.